The van der Waals surface area contributed by atoms with E-state index in [0.29, 0.717) is 29.3 Å². The second-order valence-electron chi connectivity index (χ2n) is 6.27. The summed E-state index contributed by atoms with van der Waals surface area (Å²) in [5, 5.41) is 14.8. The van der Waals surface area contributed by atoms with E-state index in [1.165, 1.54) is 16.9 Å². The minimum absolute atomic E-state index is 0.175. The van der Waals surface area contributed by atoms with Crippen molar-refractivity contribution in [2.24, 2.45) is 13.0 Å². The minimum atomic E-state index is -1.35. The van der Waals surface area contributed by atoms with Crippen molar-refractivity contribution in [2.75, 3.05) is 13.1 Å². The standard InChI is InChI=1S/C15H19F2N5/c1-15(17,7-11-8-18-9-11)6-10-3-12(5-13(16)4-10)14-19-21-22(2)20-14/h3-5,11,18H,6-9H2,1-2H3. The highest BCUT2D eigenvalue weighted by Crippen LogP contribution is 2.29. The number of tetrazole rings is 1. The third kappa shape index (κ3) is 3.47. The van der Waals surface area contributed by atoms with Gasteiger partial charge in [-0.1, -0.05) is 0 Å². The molecule has 2 aromatic rings. The van der Waals surface area contributed by atoms with Gasteiger partial charge in [-0.25, -0.2) is 8.78 Å². The molecular formula is C15H19F2N5. The molecule has 2 heterocycles. The second kappa shape index (κ2) is 5.72. The lowest BCUT2D eigenvalue weighted by molar-refractivity contribution is 0.124. The van der Waals surface area contributed by atoms with Crippen LogP contribution in [0.2, 0.25) is 0 Å². The van der Waals surface area contributed by atoms with Gasteiger partial charge in [0.1, 0.15) is 11.5 Å². The number of halogens is 2. The van der Waals surface area contributed by atoms with Crippen molar-refractivity contribution in [2.45, 2.75) is 25.4 Å². The summed E-state index contributed by atoms with van der Waals surface area (Å²) in [7, 11) is 1.64. The first-order valence-electron chi connectivity index (χ1n) is 7.35. The Morgan fingerprint density at radius 3 is 2.73 bits per heavy atom. The van der Waals surface area contributed by atoms with Crippen LogP contribution in [0.5, 0.6) is 0 Å². The average Bonchev–Trinajstić information content (AvgIpc) is 2.80. The Hall–Kier alpha value is -1.89. The lowest BCUT2D eigenvalue weighted by Gasteiger charge is -2.32. The van der Waals surface area contributed by atoms with Crippen LogP contribution in [0.25, 0.3) is 11.4 Å². The largest absolute Gasteiger partial charge is 0.316 e. The van der Waals surface area contributed by atoms with Gasteiger partial charge in [0.05, 0.1) is 7.05 Å². The summed E-state index contributed by atoms with van der Waals surface area (Å²) in [6.45, 7) is 3.30. The lowest BCUT2D eigenvalue weighted by Crippen LogP contribution is -2.45. The van der Waals surface area contributed by atoms with Gasteiger partial charge in [0.15, 0.2) is 0 Å². The van der Waals surface area contributed by atoms with Gasteiger partial charge in [0.25, 0.3) is 0 Å². The molecule has 1 unspecified atom stereocenters. The summed E-state index contributed by atoms with van der Waals surface area (Å²) in [6, 6.07) is 4.44. The first kappa shape index (κ1) is 15.0. The molecule has 1 aliphatic heterocycles. The number of aryl methyl sites for hydroxylation is 1. The highest BCUT2D eigenvalue weighted by atomic mass is 19.1. The van der Waals surface area contributed by atoms with Crippen molar-refractivity contribution in [3.8, 4) is 11.4 Å². The molecule has 22 heavy (non-hydrogen) atoms. The van der Waals surface area contributed by atoms with Crippen molar-refractivity contribution < 1.29 is 8.78 Å². The lowest BCUT2D eigenvalue weighted by atomic mass is 9.85. The van der Waals surface area contributed by atoms with Gasteiger partial charge in [-0.05, 0) is 61.3 Å². The van der Waals surface area contributed by atoms with Crippen LogP contribution in [0.3, 0.4) is 0 Å². The molecule has 1 aromatic carbocycles. The smallest absolute Gasteiger partial charge is 0.205 e. The second-order valence-corrected chi connectivity index (χ2v) is 6.27. The summed E-state index contributed by atoms with van der Waals surface area (Å²) < 4.78 is 28.5. The first-order valence-corrected chi connectivity index (χ1v) is 7.35. The van der Waals surface area contributed by atoms with E-state index in [-0.39, 0.29) is 6.42 Å². The van der Waals surface area contributed by atoms with Gasteiger partial charge in [-0.15, -0.1) is 10.2 Å². The van der Waals surface area contributed by atoms with Crippen molar-refractivity contribution in [1.82, 2.24) is 25.5 Å². The van der Waals surface area contributed by atoms with Crippen LogP contribution >= 0.6 is 0 Å². The summed E-state index contributed by atoms with van der Waals surface area (Å²) in [5.74, 6) is 0.290. The highest BCUT2D eigenvalue weighted by molar-refractivity contribution is 5.55. The van der Waals surface area contributed by atoms with Crippen LogP contribution in [0, 0.1) is 11.7 Å². The maximum atomic E-state index is 14.7. The SMILES string of the molecule is Cn1nnc(-c2cc(F)cc(CC(C)(F)CC3CNC3)c2)n1. The molecule has 0 bridgehead atoms. The third-order valence-electron chi connectivity index (χ3n) is 3.88. The fourth-order valence-electron chi connectivity index (χ4n) is 2.87. The molecule has 1 N–H and O–H groups in total. The molecule has 0 spiro atoms. The van der Waals surface area contributed by atoms with Crippen LogP contribution in [-0.2, 0) is 13.5 Å². The molecule has 118 valence electrons. The molecule has 1 fully saturated rings. The van der Waals surface area contributed by atoms with E-state index in [1.807, 2.05) is 0 Å². The highest BCUT2D eigenvalue weighted by Gasteiger charge is 2.31. The van der Waals surface area contributed by atoms with Crippen LogP contribution < -0.4 is 5.32 Å². The monoisotopic (exact) mass is 307 g/mol. The van der Waals surface area contributed by atoms with Gasteiger partial charge >= 0.3 is 0 Å². The fraction of sp³-hybridized carbons (Fsp3) is 0.533. The Kier molecular flexibility index (Phi) is 3.90. The molecule has 1 aliphatic rings. The minimum Gasteiger partial charge on any atom is -0.316 e. The topological polar surface area (TPSA) is 55.6 Å². The van der Waals surface area contributed by atoms with Gasteiger partial charge in [-0.3, -0.25) is 0 Å². The predicted molar refractivity (Wildman–Crippen MR) is 78.4 cm³/mol. The quantitative estimate of drug-likeness (QED) is 0.916. The number of hydrogen-bond donors (Lipinski definition) is 1. The van der Waals surface area contributed by atoms with E-state index in [0.717, 1.165) is 13.1 Å². The van der Waals surface area contributed by atoms with Crippen molar-refractivity contribution >= 4 is 0 Å². The van der Waals surface area contributed by atoms with Gasteiger partial charge in [-0.2, -0.15) is 4.80 Å². The molecule has 0 radical (unpaired) electrons. The van der Waals surface area contributed by atoms with Crippen LogP contribution in [0.15, 0.2) is 18.2 Å². The molecule has 1 atom stereocenters. The molecule has 0 saturated carbocycles. The summed E-state index contributed by atoms with van der Waals surface area (Å²) >= 11 is 0. The maximum Gasteiger partial charge on any atom is 0.205 e. The molecule has 1 saturated heterocycles. The Balaban J connectivity index is 1.79. The molecule has 7 heteroatoms. The third-order valence-corrected chi connectivity index (χ3v) is 3.88. The predicted octanol–water partition coefficient (Wildman–Crippen LogP) is 1.90. The Morgan fingerprint density at radius 2 is 2.14 bits per heavy atom. The Labute approximate surface area is 127 Å². The van der Waals surface area contributed by atoms with E-state index in [9.17, 15) is 8.78 Å². The molecule has 0 amide bonds. The number of nitrogens with zero attached hydrogens (tertiary/aromatic N) is 4. The molecule has 0 aliphatic carbocycles. The first-order chi connectivity index (χ1) is 10.4. The number of benzene rings is 1. The van der Waals surface area contributed by atoms with E-state index in [2.05, 4.69) is 20.7 Å². The zero-order valence-corrected chi connectivity index (χ0v) is 12.7. The zero-order chi connectivity index (χ0) is 15.7. The van der Waals surface area contributed by atoms with E-state index in [4.69, 9.17) is 0 Å². The van der Waals surface area contributed by atoms with Crippen LogP contribution in [0.1, 0.15) is 18.9 Å². The number of alkyl halides is 1. The Morgan fingerprint density at radius 1 is 1.36 bits per heavy atom. The van der Waals surface area contributed by atoms with Gasteiger partial charge in [0, 0.05) is 12.0 Å². The summed E-state index contributed by atoms with van der Waals surface area (Å²) in [5.41, 5.74) is -0.225. The van der Waals surface area contributed by atoms with Crippen molar-refractivity contribution in [1.29, 1.82) is 0 Å². The normalized spacial score (nSPS) is 18.0. The van der Waals surface area contributed by atoms with E-state index >= 15 is 0 Å². The molecular weight excluding hydrogens is 288 g/mol. The maximum absolute atomic E-state index is 14.7. The summed E-state index contributed by atoms with van der Waals surface area (Å²) in [6.07, 6.45) is 0.657. The Bertz CT molecular complexity index is 664. The van der Waals surface area contributed by atoms with Crippen molar-refractivity contribution in [3.05, 3.63) is 29.6 Å². The molecule has 3 rings (SSSR count). The van der Waals surface area contributed by atoms with Gasteiger partial charge < -0.3 is 5.32 Å². The van der Waals surface area contributed by atoms with E-state index in [1.54, 1.807) is 20.0 Å². The fourth-order valence-corrected chi connectivity index (χ4v) is 2.87. The van der Waals surface area contributed by atoms with Crippen LogP contribution in [-0.4, -0.2) is 39.0 Å². The number of nitrogens with one attached hydrogen (secondary N) is 1. The number of aromatic nitrogens is 4. The number of rotatable bonds is 5. The van der Waals surface area contributed by atoms with Crippen molar-refractivity contribution in [3.63, 3.8) is 0 Å². The number of hydrogen-bond acceptors (Lipinski definition) is 4. The average molecular weight is 307 g/mol. The molecule has 1 aromatic heterocycles. The van der Waals surface area contributed by atoms with E-state index < -0.39 is 11.5 Å². The molecule has 5 nitrogen and oxygen atoms in total. The van der Waals surface area contributed by atoms with Gasteiger partial charge in [0.2, 0.25) is 5.82 Å². The summed E-state index contributed by atoms with van der Waals surface area (Å²) in [4.78, 5) is 1.31. The zero-order valence-electron chi connectivity index (χ0n) is 12.7. The van der Waals surface area contributed by atoms with Crippen LogP contribution in [0.4, 0.5) is 8.78 Å².